The number of hydrazone groups is 1. The monoisotopic (exact) mass is 452 g/mol. The number of amides is 1. The molecule has 0 aliphatic heterocycles. The molecule has 1 amide bonds. The van der Waals surface area contributed by atoms with Gasteiger partial charge >= 0.3 is 0 Å². The fourth-order valence-electron chi connectivity index (χ4n) is 1.96. The zero-order valence-electron chi connectivity index (χ0n) is 13.9. The fourth-order valence-corrected chi connectivity index (χ4v) is 4.89. The Labute approximate surface area is 180 Å². The van der Waals surface area contributed by atoms with Gasteiger partial charge in [-0.2, -0.15) is 5.10 Å². The lowest BCUT2D eigenvalue weighted by Gasteiger charge is -2.00. The summed E-state index contributed by atoms with van der Waals surface area (Å²) >= 11 is 16.4. The standard InChI is InChI=1S/C19H14Cl2N2OS3/c20-13-1-5-15(6-2-13)25-12-18(24)23-22-11-17-9-10-19(27-17)26-16-7-3-14(21)4-8-16/h1-11H,12H2,(H,23,24)/b22-11-. The number of hydrogen-bond donors (Lipinski definition) is 1. The van der Waals surface area contributed by atoms with Gasteiger partial charge in [-0.1, -0.05) is 35.0 Å². The van der Waals surface area contributed by atoms with Crippen molar-refractivity contribution >= 4 is 70.2 Å². The first kappa shape index (κ1) is 20.3. The average Bonchev–Trinajstić information content (AvgIpc) is 3.10. The summed E-state index contributed by atoms with van der Waals surface area (Å²) in [5.41, 5.74) is 2.55. The van der Waals surface area contributed by atoms with E-state index in [1.807, 2.05) is 48.5 Å². The zero-order chi connectivity index (χ0) is 19.1. The highest BCUT2D eigenvalue weighted by Gasteiger charge is 2.03. The van der Waals surface area contributed by atoms with E-state index in [9.17, 15) is 4.79 Å². The quantitative estimate of drug-likeness (QED) is 0.254. The molecule has 2 aromatic carbocycles. The summed E-state index contributed by atoms with van der Waals surface area (Å²) < 4.78 is 1.14. The maximum atomic E-state index is 11.9. The van der Waals surface area contributed by atoms with Gasteiger partial charge < -0.3 is 0 Å². The molecule has 0 saturated heterocycles. The Balaban J connectivity index is 1.45. The van der Waals surface area contributed by atoms with Crippen LogP contribution in [0.2, 0.25) is 10.0 Å². The van der Waals surface area contributed by atoms with Crippen molar-refractivity contribution in [3.63, 3.8) is 0 Å². The van der Waals surface area contributed by atoms with Gasteiger partial charge in [0.2, 0.25) is 5.91 Å². The molecule has 27 heavy (non-hydrogen) atoms. The van der Waals surface area contributed by atoms with Crippen molar-refractivity contribution in [1.82, 2.24) is 5.43 Å². The minimum absolute atomic E-state index is 0.154. The van der Waals surface area contributed by atoms with E-state index in [4.69, 9.17) is 23.2 Å². The number of carbonyl (C=O) groups excluding carboxylic acids is 1. The maximum Gasteiger partial charge on any atom is 0.250 e. The van der Waals surface area contributed by atoms with Gasteiger partial charge in [0.15, 0.2) is 0 Å². The Morgan fingerprint density at radius 2 is 1.59 bits per heavy atom. The number of thiophene rings is 1. The molecule has 0 aliphatic rings. The molecule has 1 heterocycles. The lowest BCUT2D eigenvalue weighted by atomic mass is 10.4. The minimum atomic E-state index is -0.154. The molecule has 0 unspecified atom stereocenters. The van der Waals surface area contributed by atoms with E-state index in [0.717, 1.165) is 23.9 Å². The second kappa shape index (κ2) is 10.2. The zero-order valence-corrected chi connectivity index (χ0v) is 17.9. The summed E-state index contributed by atoms with van der Waals surface area (Å²) in [7, 11) is 0. The van der Waals surface area contributed by atoms with Crippen LogP contribution in [-0.2, 0) is 4.79 Å². The lowest BCUT2D eigenvalue weighted by Crippen LogP contribution is -2.19. The second-order valence-electron chi connectivity index (χ2n) is 5.25. The Morgan fingerprint density at radius 1 is 0.963 bits per heavy atom. The van der Waals surface area contributed by atoms with Crippen LogP contribution in [0.5, 0.6) is 0 Å². The highest BCUT2D eigenvalue weighted by molar-refractivity contribution is 8.01. The van der Waals surface area contributed by atoms with Gasteiger partial charge in [-0.05, 0) is 60.7 Å². The van der Waals surface area contributed by atoms with Crippen LogP contribution in [-0.4, -0.2) is 17.9 Å². The van der Waals surface area contributed by atoms with Gasteiger partial charge in [-0.25, -0.2) is 5.43 Å². The van der Waals surface area contributed by atoms with Crippen LogP contribution in [0.1, 0.15) is 4.88 Å². The molecule has 0 radical (unpaired) electrons. The van der Waals surface area contributed by atoms with Crippen molar-refractivity contribution in [1.29, 1.82) is 0 Å². The molecule has 138 valence electrons. The number of halogens is 2. The van der Waals surface area contributed by atoms with E-state index < -0.39 is 0 Å². The molecule has 3 aromatic rings. The van der Waals surface area contributed by atoms with Crippen LogP contribution < -0.4 is 5.43 Å². The van der Waals surface area contributed by atoms with Crippen molar-refractivity contribution in [3.05, 3.63) is 75.6 Å². The van der Waals surface area contributed by atoms with Crippen molar-refractivity contribution in [3.8, 4) is 0 Å². The Morgan fingerprint density at radius 3 is 2.26 bits per heavy atom. The van der Waals surface area contributed by atoms with E-state index in [-0.39, 0.29) is 5.91 Å². The van der Waals surface area contributed by atoms with E-state index >= 15 is 0 Å². The van der Waals surface area contributed by atoms with Gasteiger partial charge in [-0.15, -0.1) is 23.1 Å². The molecule has 0 saturated carbocycles. The van der Waals surface area contributed by atoms with E-state index in [0.29, 0.717) is 10.8 Å². The first-order valence-corrected chi connectivity index (χ1v) is 11.2. The molecule has 1 aromatic heterocycles. The Kier molecular flexibility index (Phi) is 7.67. The largest absolute Gasteiger partial charge is 0.272 e. The molecule has 0 aliphatic carbocycles. The SMILES string of the molecule is O=C(CSc1ccc(Cl)cc1)N/N=C\c1ccc(Sc2ccc(Cl)cc2)s1. The summed E-state index contributed by atoms with van der Waals surface area (Å²) in [6.45, 7) is 0. The van der Waals surface area contributed by atoms with Crippen molar-refractivity contribution in [2.24, 2.45) is 5.10 Å². The third-order valence-electron chi connectivity index (χ3n) is 3.20. The van der Waals surface area contributed by atoms with E-state index in [2.05, 4.69) is 10.5 Å². The molecule has 0 bridgehead atoms. The van der Waals surface area contributed by atoms with Crippen molar-refractivity contribution < 1.29 is 4.79 Å². The Hall–Kier alpha value is -1.44. The van der Waals surface area contributed by atoms with Crippen LogP contribution in [0, 0.1) is 0 Å². The molecule has 0 atom stereocenters. The van der Waals surface area contributed by atoms with Crippen LogP contribution in [0.4, 0.5) is 0 Å². The molecule has 3 rings (SSSR count). The Bertz CT molecular complexity index is 925. The minimum Gasteiger partial charge on any atom is -0.272 e. The number of thioether (sulfide) groups is 1. The predicted molar refractivity (Wildman–Crippen MR) is 118 cm³/mol. The summed E-state index contributed by atoms with van der Waals surface area (Å²) in [4.78, 5) is 14.9. The topological polar surface area (TPSA) is 41.5 Å². The molecular weight excluding hydrogens is 439 g/mol. The van der Waals surface area contributed by atoms with Gasteiger partial charge in [-0.3, -0.25) is 4.79 Å². The third kappa shape index (κ3) is 6.90. The fraction of sp³-hybridized carbons (Fsp3) is 0.0526. The summed E-state index contributed by atoms with van der Waals surface area (Å²) in [5, 5.41) is 5.43. The van der Waals surface area contributed by atoms with Gasteiger partial charge in [0, 0.05) is 24.7 Å². The van der Waals surface area contributed by atoms with Crippen molar-refractivity contribution in [2.75, 3.05) is 5.75 Å². The maximum absolute atomic E-state index is 11.9. The van der Waals surface area contributed by atoms with Crippen LogP contribution in [0.15, 0.2) is 79.8 Å². The van der Waals surface area contributed by atoms with Gasteiger partial charge in [0.25, 0.3) is 0 Å². The number of benzene rings is 2. The molecular formula is C19H14Cl2N2OS3. The summed E-state index contributed by atoms with van der Waals surface area (Å²) in [6.07, 6.45) is 1.65. The third-order valence-corrected chi connectivity index (χ3v) is 6.87. The second-order valence-corrected chi connectivity index (χ2v) is 9.66. The molecule has 8 heteroatoms. The number of hydrogen-bond acceptors (Lipinski definition) is 5. The number of nitrogens with one attached hydrogen (secondary N) is 1. The molecule has 0 fully saturated rings. The van der Waals surface area contributed by atoms with Crippen LogP contribution in [0.3, 0.4) is 0 Å². The summed E-state index contributed by atoms with van der Waals surface area (Å²) in [5.74, 6) is 0.139. The highest BCUT2D eigenvalue weighted by Crippen LogP contribution is 2.33. The molecule has 3 nitrogen and oxygen atoms in total. The first-order valence-electron chi connectivity index (χ1n) is 7.82. The number of rotatable bonds is 7. The average molecular weight is 453 g/mol. The van der Waals surface area contributed by atoms with Crippen molar-refractivity contribution in [2.45, 2.75) is 14.0 Å². The first-order chi connectivity index (χ1) is 13.1. The molecule has 0 spiro atoms. The van der Waals surface area contributed by atoms with E-state index in [1.54, 1.807) is 41.4 Å². The summed E-state index contributed by atoms with van der Waals surface area (Å²) in [6, 6.07) is 19.1. The smallest absolute Gasteiger partial charge is 0.250 e. The van der Waals surface area contributed by atoms with Crippen LogP contribution in [0.25, 0.3) is 0 Å². The normalized spacial score (nSPS) is 11.0. The van der Waals surface area contributed by atoms with Crippen LogP contribution >= 0.6 is 58.1 Å². The molecule has 1 N–H and O–H groups in total. The van der Waals surface area contributed by atoms with Gasteiger partial charge in [0.1, 0.15) is 0 Å². The predicted octanol–water partition coefficient (Wildman–Crippen LogP) is 6.45. The van der Waals surface area contributed by atoms with Gasteiger partial charge in [0.05, 0.1) is 16.2 Å². The highest BCUT2D eigenvalue weighted by atomic mass is 35.5. The lowest BCUT2D eigenvalue weighted by molar-refractivity contribution is -0.118. The van der Waals surface area contributed by atoms with E-state index in [1.165, 1.54) is 11.8 Å². The number of carbonyl (C=O) groups is 1. The number of nitrogens with zero attached hydrogens (tertiary/aromatic N) is 1.